The summed E-state index contributed by atoms with van der Waals surface area (Å²) in [7, 11) is -3.58. The molecule has 1 atom stereocenters. The quantitative estimate of drug-likeness (QED) is 0.529. The van der Waals surface area contributed by atoms with Crippen LogP contribution in [0.3, 0.4) is 0 Å². The molecule has 0 saturated heterocycles. The van der Waals surface area contributed by atoms with Gasteiger partial charge in [0.15, 0.2) is 0 Å². The minimum atomic E-state index is -3.58. The number of amides is 1. The van der Waals surface area contributed by atoms with E-state index in [1.165, 1.54) is 0 Å². The van der Waals surface area contributed by atoms with Gasteiger partial charge in [0.25, 0.3) is 0 Å². The van der Waals surface area contributed by atoms with Gasteiger partial charge >= 0.3 is 5.97 Å². The summed E-state index contributed by atoms with van der Waals surface area (Å²) in [6, 6.07) is 0. The topological polar surface area (TPSA) is 127 Å². The van der Waals surface area contributed by atoms with Gasteiger partial charge in [-0.3, -0.25) is 9.59 Å². The third-order valence-electron chi connectivity index (χ3n) is 1.77. The highest BCUT2D eigenvalue weighted by molar-refractivity contribution is 7.89. The zero-order chi connectivity index (χ0) is 12.8. The van der Waals surface area contributed by atoms with Crippen molar-refractivity contribution in [3.63, 3.8) is 0 Å². The van der Waals surface area contributed by atoms with Gasteiger partial charge in [0.05, 0.1) is 5.75 Å². The Morgan fingerprint density at radius 2 is 1.94 bits per heavy atom. The molecule has 16 heavy (non-hydrogen) atoms. The van der Waals surface area contributed by atoms with Gasteiger partial charge in [-0.2, -0.15) is 0 Å². The summed E-state index contributed by atoms with van der Waals surface area (Å²) in [4.78, 5) is 21.5. The molecule has 0 bridgehead atoms. The number of carboxylic acid groups (broad SMARTS) is 1. The monoisotopic (exact) mass is 252 g/mol. The van der Waals surface area contributed by atoms with E-state index in [4.69, 9.17) is 10.2 Å². The number of carboxylic acids is 1. The lowest BCUT2D eigenvalue weighted by Crippen LogP contribution is -2.32. The molecule has 0 heterocycles. The van der Waals surface area contributed by atoms with E-state index in [0.717, 1.165) is 0 Å². The van der Waals surface area contributed by atoms with Crippen LogP contribution in [0.4, 0.5) is 0 Å². The molecule has 7 nitrogen and oxygen atoms in total. The average Bonchev–Trinajstić information content (AvgIpc) is 1.98. The molecule has 8 heteroatoms. The Balaban J connectivity index is 3.79. The number of primary sulfonamides is 1. The second-order valence-corrected chi connectivity index (χ2v) is 5.36. The van der Waals surface area contributed by atoms with Gasteiger partial charge < -0.3 is 10.4 Å². The van der Waals surface area contributed by atoms with Crippen molar-refractivity contribution in [1.29, 1.82) is 0 Å². The fraction of sp³-hybridized carbons (Fsp3) is 0.750. The molecule has 4 N–H and O–H groups in total. The summed E-state index contributed by atoms with van der Waals surface area (Å²) in [5.41, 5.74) is 0. The standard InChI is InChI=1S/C8H16N2O5S/c1-6(5-8(12)13)4-7(11)10-2-3-16(9,14)15/h6H,2-5H2,1H3,(H,10,11)(H,12,13)(H2,9,14,15). The smallest absolute Gasteiger partial charge is 0.303 e. The lowest BCUT2D eigenvalue weighted by molar-refractivity contribution is -0.138. The number of nitrogens with two attached hydrogens (primary N) is 1. The fourth-order valence-corrected chi connectivity index (χ4v) is 1.48. The summed E-state index contributed by atoms with van der Waals surface area (Å²) >= 11 is 0. The third kappa shape index (κ3) is 9.41. The highest BCUT2D eigenvalue weighted by Crippen LogP contribution is 2.06. The van der Waals surface area contributed by atoms with Crippen molar-refractivity contribution in [2.24, 2.45) is 11.1 Å². The number of hydrogen-bond acceptors (Lipinski definition) is 4. The van der Waals surface area contributed by atoms with Crippen molar-refractivity contribution in [2.45, 2.75) is 19.8 Å². The maximum absolute atomic E-state index is 11.2. The normalized spacial score (nSPS) is 13.1. The molecule has 0 aromatic rings. The number of hydrogen-bond donors (Lipinski definition) is 3. The maximum Gasteiger partial charge on any atom is 0.303 e. The van der Waals surface area contributed by atoms with Crippen LogP contribution in [0.1, 0.15) is 19.8 Å². The Kier molecular flexibility index (Phi) is 5.97. The highest BCUT2D eigenvalue weighted by atomic mass is 32.2. The molecule has 0 fully saturated rings. The molecule has 1 amide bonds. The van der Waals surface area contributed by atoms with Crippen LogP contribution in [0.2, 0.25) is 0 Å². The van der Waals surface area contributed by atoms with Gasteiger partial charge in [-0.1, -0.05) is 6.92 Å². The summed E-state index contributed by atoms with van der Waals surface area (Å²) < 4.78 is 21.1. The van der Waals surface area contributed by atoms with Gasteiger partial charge in [0.2, 0.25) is 15.9 Å². The van der Waals surface area contributed by atoms with Crippen molar-refractivity contribution in [1.82, 2.24) is 5.32 Å². The molecule has 94 valence electrons. The zero-order valence-corrected chi connectivity index (χ0v) is 9.79. The lowest BCUT2D eigenvalue weighted by Gasteiger charge is -2.08. The van der Waals surface area contributed by atoms with Crippen LogP contribution in [-0.2, 0) is 19.6 Å². The SMILES string of the molecule is CC(CC(=O)O)CC(=O)NCCS(N)(=O)=O. The van der Waals surface area contributed by atoms with E-state index in [1.54, 1.807) is 6.92 Å². The van der Waals surface area contributed by atoms with E-state index in [9.17, 15) is 18.0 Å². The molecule has 0 aromatic carbocycles. The Morgan fingerprint density at radius 3 is 2.38 bits per heavy atom. The van der Waals surface area contributed by atoms with Crippen molar-refractivity contribution in [3.8, 4) is 0 Å². The molecule has 0 radical (unpaired) electrons. The summed E-state index contributed by atoms with van der Waals surface area (Å²) in [6.45, 7) is 1.57. The van der Waals surface area contributed by atoms with Crippen molar-refractivity contribution in [2.75, 3.05) is 12.3 Å². The molecule has 0 aliphatic carbocycles. The highest BCUT2D eigenvalue weighted by Gasteiger charge is 2.12. The van der Waals surface area contributed by atoms with Crippen molar-refractivity contribution in [3.05, 3.63) is 0 Å². The minimum Gasteiger partial charge on any atom is -0.481 e. The van der Waals surface area contributed by atoms with Crippen LogP contribution in [0, 0.1) is 5.92 Å². The molecular formula is C8H16N2O5S. The molecule has 1 unspecified atom stereocenters. The molecule has 0 aliphatic heterocycles. The Labute approximate surface area is 94.1 Å². The molecule has 0 spiro atoms. The van der Waals surface area contributed by atoms with Gasteiger partial charge in [0, 0.05) is 19.4 Å². The van der Waals surface area contributed by atoms with E-state index in [0.29, 0.717) is 0 Å². The number of carbonyl (C=O) groups is 2. The Morgan fingerprint density at radius 1 is 1.38 bits per heavy atom. The van der Waals surface area contributed by atoms with E-state index in [2.05, 4.69) is 5.32 Å². The number of aliphatic carboxylic acids is 1. The first-order valence-corrected chi connectivity index (χ1v) is 6.41. The van der Waals surface area contributed by atoms with Crippen LogP contribution >= 0.6 is 0 Å². The van der Waals surface area contributed by atoms with Crippen LogP contribution < -0.4 is 10.5 Å². The Hall–Kier alpha value is -1.15. The summed E-state index contributed by atoms with van der Waals surface area (Å²) in [5, 5.41) is 15.5. The lowest BCUT2D eigenvalue weighted by atomic mass is 10.0. The van der Waals surface area contributed by atoms with Gasteiger partial charge in [0.1, 0.15) is 0 Å². The first-order valence-electron chi connectivity index (χ1n) is 4.69. The fourth-order valence-electron chi connectivity index (χ4n) is 1.09. The molecule has 0 aliphatic rings. The average molecular weight is 252 g/mol. The van der Waals surface area contributed by atoms with Gasteiger partial charge in [-0.05, 0) is 5.92 Å². The molecule has 0 saturated carbocycles. The number of sulfonamides is 1. The van der Waals surface area contributed by atoms with E-state index < -0.39 is 16.0 Å². The largest absolute Gasteiger partial charge is 0.481 e. The van der Waals surface area contributed by atoms with Crippen LogP contribution in [0.25, 0.3) is 0 Å². The van der Waals surface area contributed by atoms with Crippen LogP contribution in [0.5, 0.6) is 0 Å². The predicted molar refractivity (Wildman–Crippen MR) is 57.0 cm³/mol. The first-order chi connectivity index (χ1) is 7.20. The summed E-state index contributed by atoms with van der Waals surface area (Å²) in [5.74, 6) is -1.96. The van der Waals surface area contributed by atoms with Crippen molar-refractivity contribution < 1.29 is 23.1 Å². The van der Waals surface area contributed by atoms with Crippen LogP contribution in [0.15, 0.2) is 0 Å². The molecule has 0 rings (SSSR count). The number of rotatable bonds is 7. The van der Waals surface area contributed by atoms with E-state index in [-0.39, 0.29) is 37.0 Å². The predicted octanol–water partition coefficient (Wildman–Crippen LogP) is -1.11. The van der Waals surface area contributed by atoms with Gasteiger partial charge in [-0.15, -0.1) is 0 Å². The molecular weight excluding hydrogens is 236 g/mol. The third-order valence-corrected chi connectivity index (χ3v) is 2.54. The van der Waals surface area contributed by atoms with Gasteiger partial charge in [-0.25, -0.2) is 13.6 Å². The molecule has 0 aromatic heterocycles. The first kappa shape index (κ1) is 14.8. The number of nitrogens with one attached hydrogen (secondary N) is 1. The second-order valence-electron chi connectivity index (χ2n) is 3.62. The minimum absolute atomic E-state index is 0.0525. The van der Waals surface area contributed by atoms with E-state index in [1.807, 2.05) is 0 Å². The van der Waals surface area contributed by atoms with Crippen molar-refractivity contribution >= 4 is 21.9 Å². The van der Waals surface area contributed by atoms with Crippen LogP contribution in [-0.4, -0.2) is 37.7 Å². The second kappa shape index (κ2) is 6.44. The number of carbonyl (C=O) groups excluding carboxylic acids is 1. The Bertz CT molecular complexity index is 351. The maximum atomic E-state index is 11.2. The van der Waals surface area contributed by atoms with E-state index >= 15 is 0 Å². The summed E-state index contributed by atoms with van der Waals surface area (Å²) in [6.07, 6.45) is -0.0421. The zero-order valence-electron chi connectivity index (χ0n) is 8.97.